The first-order chi connectivity index (χ1) is 11.1. The van der Waals surface area contributed by atoms with Gasteiger partial charge in [0.1, 0.15) is 0 Å². The standard InChI is InChI=1S/C17H25N3O4/c1-17(2,3)12-10-13(15(24-5)14(11-12)20(22)23)16(21)19-8-6-18(4)7-9-19/h10-11H,6-9H2,1-5H3. The van der Waals surface area contributed by atoms with Crippen LogP contribution in [0.4, 0.5) is 5.69 Å². The van der Waals surface area contributed by atoms with Crippen molar-refractivity contribution in [2.24, 2.45) is 0 Å². The van der Waals surface area contributed by atoms with E-state index in [9.17, 15) is 14.9 Å². The quantitative estimate of drug-likeness (QED) is 0.626. The highest BCUT2D eigenvalue weighted by Crippen LogP contribution is 2.37. The van der Waals surface area contributed by atoms with Crippen LogP contribution in [-0.2, 0) is 5.41 Å². The number of hydrogen-bond acceptors (Lipinski definition) is 5. The van der Waals surface area contributed by atoms with Crippen LogP contribution in [0.15, 0.2) is 12.1 Å². The van der Waals surface area contributed by atoms with Gasteiger partial charge >= 0.3 is 5.69 Å². The van der Waals surface area contributed by atoms with Crippen LogP contribution in [0, 0.1) is 10.1 Å². The molecule has 0 unspecified atom stereocenters. The van der Waals surface area contributed by atoms with E-state index in [1.807, 2.05) is 27.8 Å². The third-order valence-corrected chi connectivity index (χ3v) is 4.36. The zero-order valence-electron chi connectivity index (χ0n) is 15.0. The molecule has 1 aliphatic heterocycles. The summed E-state index contributed by atoms with van der Waals surface area (Å²) in [4.78, 5) is 27.8. The lowest BCUT2D eigenvalue weighted by atomic mass is 9.85. The number of hydrogen-bond donors (Lipinski definition) is 0. The molecule has 7 nitrogen and oxygen atoms in total. The second-order valence-corrected chi connectivity index (χ2v) is 7.18. The Morgan fingerprint density at radius 2 is 1.79 bits per heavy atom. The molecule has 1 heterocycles. The van der Waals surface area contributed by atoms with Crippen molar-refractivity contribution in [2.75, 3.05) is 40.3 Å². The molecule has 2 rings (SSSR count). The maximum absolute atomic E-state index is 12.9. The minimum absolute atomic E-state index is 0.0388. The number of amides is 1. The predicted octanol–water partition coefficient (Wildman–Crippen LogP) is 2.29. The van der Waals surface area contributed by atoms with Crippen LogP contribution in [0.2, 0.25) is 0 Å². The van der Waals surface area contributed by atoms with Gasteiger partial charge in [-0.3, -0.25) is 14.9 Å². The van der Waals surface area contributed by atoms with Crippen molar-refractivity contribution in [3.63, 3.8) is 0 Å². The molecule has 1 aromatic rings. The van der Waals surface area contributed by atoms with Crippen LogP contribution >= 0.6 is 0 Å². The van der Waals surface area contributed by atoms with Crippen LogP contribution in [0.5, 0.6) is 5.75 Å². The van der Waals surface area contributed by atoms with E-state index in [2.05, 4.69) is 4.90 Å². The number of ether oxygens (including phenoxy) is 1. The maximum atomic E-state index is 12.9. The van der Waals surface area contributed by atoms with Gasteiger partial charge < -0.3 is 14.5 Å². The van der Waals surface area contributed by atoms with Crippen molar-refractivity contribution in [3.05, 3.63) is 33.4 Å². The number of carbonyl (C=O) groups is 1. The van der Waals surface area contributed by atoms with Gasteiger partial charge in [-0.2, -0.15) is 0 Å². The highest BCUT2D eigenvalue weighted by molar-refractivity contribution is 5.98. The second-order valence-electron chi connectivity index (χ2n) is 7.18. The molecule has 0 atom stereocenters. The lowest BCUT2D eigenvalue weighted by Crippen LogP contribution is -2.47. The lowest BCUT2D eigenvalue weighted by Gasteiger charge is -2.33. The summed E-state index contributed by atoms with van der Waals surface area (Å²) < 4.78 is 5.24. The average molecular weight is 335 g/mol. The first-order valence-electron chi connectivity index (χ1n) is 8.00. The zero-order chi connectivity index (χ0) is 18.1. The van der Waals surface area contributed by atoms with Crippen molar-refractivity contribution in [1.29, 1.82) is 0 Å². The first kappa shape index (κ1) is 18.2. The topological polar surface area (TPSA) is 75.9 Å². The van der Waals surface area contributed by atoms with Gasteiger partial charge in [-0.1, -0.05) is 20.8 Å². The summed E-state index contributed by atoms with van der Waals surface area (Å²) in [5, 5.41) is 11.4. The molecule has 0 N–H and O–H groups in total. The van der Waals surface area contributed by atoms with Gasteiger partial charge in [-0.25, -0.2) is 0 Å². The minimum Gasteiger partial charge on any atom is -0.490 e. The Morgan fingerprint density at radius 3 is 2.25 bits per heavy atom. The van der Waals surface area contributed by atoms with Gasteiger partial charge in [0.2, 0.25) is 5.75 Å². The Morgan fingerprint density at radius 1 is 1.21 bits per heavy atom. The number of likely N-dealkylation sites (N-methyl/N-ethyl adjacent to an activating group) is 1. The molecule has 0 bridgehead atoms. The first-order valence-corrected chi connectivity index (χ1v) is 8.00. The normalized spacial score (nSPS) is 16.1. The highest BCUT2D eigenvalue weighted by Gasteiger charge is 2.31. The fraction of sp³-hybridized carbons (Fsp3) is 0.588. The van der Waals surface area contributed by atoms with Gasteiger partial charge in [0.15, 0.2) is 0 Å². The molecule has 0 aromatic heterocycles. The van der Waals surface area contributed by atoms with Gasteiger partial charge in [-0.15, -0.1) is 0 Å². The Kier molecular flexibility index (Phi) is 5.13. The van der Waals surface area contributed by atoms with Crippen molar-refractivity contribution in [3.8, 4) is 5.75 Å². The van der Waals surface area contributed by atoms with E-state index in [1.165, 1.54) is 13.2 Å². The molecule has 0 radical (unpaired) electrons. The van der Waals surface area contributed by atoms with Crippen LogP contribution in [0.3, 0.4) is 0 Å². The monoisotopic (exact) mass is 335 g/mol. The van der Waals surface area contributed by atoms with Crippen LogP contribution in [0.25, 0.3) is 0 Å². The van der Waals surface area contributed by atoms with Crippen LogP contribution < -0.4 is 4.74 Å². The summed E-state index contributed by atoms with van der Waals surface area (Å²) in [6.45, 7) is 8.66. The Hall–Kier alpha value is -2.15. The number of nitro groups is 1. The molecule has 1 aliphatic rings. The van der Waals surface area contributed by atoms with Crippen LogP contribution in [0.1, 0.15) is 36.7 Å². The summed E-state index contributed by atoms with van der Waals surface area (Å²) in [5.41, 5.74) is 0.532. The van der Waals surface area contributed by atoms with E-state index in [4.69, 9.17) is 4.74 Å². The molecule has 1 aromatic carbocycles. The minimum atomic E-state index is -0.491. The molecule has 0 aliphatic carbocycles. The molecule has 1 saturated heterocycles. The Balaban J connectivity index is 2.52. The number of carbonyl (C=O) groups excluding carboxylic acids is 1. The smallest absolute Gasteiger partial charge is 0.312 e. The second kappa shape index (κ2) is 6.76. The van der Waals surface area contributed by atoms with Gasteiger partial charge in [0.25, 0.3) is 5.91 Å². The number of benzene rings is 1. The van der Waals surface area contributed by atoms with Gasteiger partial charge in [-0.05, 0) is 24.1 Å². The van der Waals surface area contributed by atoms with Crippen LogP contribution in [-0.4, -0.2) is 61.0 Å². The summed E-state index contributed by atoms with van der Waals surface area (Å²) in [6, 6.07) is 3.23. The number of methoxy groups -OCH3 is 1. The van der Waals surface area contributed by atoms with E-state index < -0.39 is 4.92 Å². The summed E-state index contributed by atoms with van der Waals surface area (Å²) in [5.74, 6) is -0.175. The van der Waals surface area contributed by atoms with E-state index in [1.54, 1.807) is 11.0 Å². The Bertz CT molecular complexity index is 644. The molecule has 24 heavy (non-hydrogen) atoms. The molecule has 7 heteroatoms. The summed E-state index contributed by atoms with van der Waals surface area (Å²) in [7, 11) is 3.37. The summed E-state index contributed by atoms with van der Waals surface area (Å²) >= 11 is 0. The van der Waals surface area contributed by atoms with Gasteiger partial charge in [0, 0.05) is 32.2 Å². The molecule has 132 valence electrons. The SMILES string of the molecule is COc1c(C(=O)N2CCN(C)CC2)cc(C(C)(C)C)cc1[N+](=O)[O-]. The molecule has 0 spiro atoms. The molecule has 1 amide bonds. The number of piperazine rings is 1. The van der Waals surface area contributed by atoms with Crippen molar-refractivity contribution in [1.82, 2.24) is 9.80 Å². The fourth-order valence-electron chi connectivity index (χ4n) is 2.74. The largest absolute Gasteiger partial charge is 0.490 e. The van der Waals surface area contributed by atoms with Gasteiger partial charge in [0.05, 0.1) is 17.6 Å². The number of rotatable bonds is 3. The van der Waals surface area contributed by atoms with E-state index in [0.717, 1.165) is 18.7 Å². The number of nitro benzene ring substituents is 1. The zero-order valence-corrected chi connectivity index (χ0v) is 15.0. The molecule has 0 saturated carbocycles. The number of nitrogens with zero attached hydrogens (tertiary/aromatic N) is 3. The van der Waals surface area contributed by atoms with E-state index >= 15 is 0 Å². The maximum Gasteiger partial charge on any atom is 0.312 e. The third-order valence-electron chi connectivity index (χ3n) is 4.36. The average Bonchev–Trinajstić information content (AvgIpc) is 2.52. The van der Waals surface area contributed by atoms with Crippen molar-refractivity contribution >= 4 is 11.6 Å². The Labute approximate surface area is 142 Å². The van der Waals surface area contributed by atoms with Crippen molar-refractivity contribution < 1.29 is 14.5 Å². The molecular weight excluding hydrogens is 310 g/mol. The van der Waals surface area contributed by atoms with Crippen molar-refractivity contribution in [2.45, 2.75) is 26.2 Å². The van der Waals surface area contributed by atoms with E-state index in [-0.39, 0.29) is 28.3 Å². The molecule has 1 fully saturated rings. The fourth-order valence-corrected chi connectivity index (χ4v) is 2.74. The summed E-state index contributed by atoms with van der Waals surface area (Å²) in [6.07, 6.45) is 0. The lowest BCUT2D eigenvalue weighted by molar-refractivity contribution is -0.385. The van der Waals surface area contributed by atoms with E-state index in [0.29, 0.717) is 13.1 Å². The third kappa shape index (κ3) is 3.67. The molecular formula is C17H25N3O4. The predicted molar refractivity (Wildman–Crippen MR) is 91.7 cm³/mol. The highest BCUT2D eigenvalue weighted by atomic mass is 16.6.